The lowest BCUT2D eigenvalue weighted by molar-refractivity contribution is -0.387. The van der Waals surface area contributed by atoms with Gasteiger partial charge in [0, 0.05) is 23.0 Å². The van der Waals surface area contributed by atoms with Gasteiger partial charge >= 0.3 is 5.69 Å². The van der Waals surface area contributed by atoms with E-state index in [2.05, 4.69) is 10.4 Å². The van der Waals surface area contributed by atoms with E-state index in [9.17, 15) is 19.3 Å². The Morgan fingerprint density at radius 1 is 1.31 bits per heavy atom. The molecule has 7 nitrogen and oxygen atoms in total. The number of nitrogens with one attached hydrogen (secondary N) is 1. The van der Waals surface area contributed by atoms with Gasteiger partial charge in [-0.25, -0.2) is 0 Å². The molecule has 0 aliphatic heterocycles. The molecule has 1 amide bonds. The number of hydrogen-bond donors (Lipinski definition) is 1. The van der Waals surface area contributed by atoms with E-state index in [1.54, 1.807) is 10.7 Å². The fourth-order valence-electron chi connectivity index (χ4n) is 2.30. The fraction of sp³-hybridized carbons (Fsp3) is 0.0588. The van der Waals surface area contributed by atoms with E-state index >= 15 is 0 Å². The minimum atomic E-state index is -0.972. The van der Waals surface area contributed by atoms with E-state index in [0.717, 1.165) is 17.7 Å². The van der Waals surface area contributed by atoms with Crippen LogP contribution in [0.5, 0.6) is 0 Å². The van der Waals surface area contributed by atoms with Gasteiger partial charge in [-0.2, -0.15) is 9.49 Å². The van der Waals surface area contributed by atoms with Gasteiger partial charge < -0.3 is 5.32 Å². The molecule has 0 aliphatic rings. The van der Waals surface area contributed by atoms with E-state index in [1.807, 2.05) is 18.2 Å². The molecule has 0 saturated carbocycles. The number of halogens is 2. The Balaban J connectivity index is 1.73. The summed E-state index contributed by atoms with van der Waals surface area (Å²) in [5, 5.41) is 17.9. The van der Waals surface area contributed by atoms with Crippen molar-refractivity contribution in [1.29, 1.82) is 0 Å². The maximum Gasteiger partial charge on any atom is 0.306 e. The number of anilines is 1. The number of nitrogens with zero attached hydrogens (tertiary/aromatic N) is 3. The van der Waals surface area contributed by atoms with Gasteiger partial charge in [0.15, 0.2) is 0 Å². The summed E-state index contributed by atoms with van der Waals surface area (Å²) in [6.07, 6.45) is 2.89. The molecule has 0 unspecified atom stereocenters. The van der Waals surface area contributed by atoms with E-state index in [1.165, 1.54) is 18.5 Å². The van der Waals surface area contributed by atoms with Gasteiger partial charge in [0.25, 0.3) is 5.91 Å². The van der Waals surface area contributed by atoms with Crippen LogP contribution in [-0.4, -0.2) is 20.6 Å². The maximum atomic E-state index is 13.3. The lowest BCUT2D eigenvalue weighted by atomic mass is 10.2. The second kappa shape index (κ2) is 7.32. The Morgan fingerprint density at radius 3 is 2.81 bits per heavy atom. The predicted octanol–water partition coefficient (Wildman–Crippen LogP) is 3.88. The van der Waals surface area contributed by atoms with Crippen LogP contribution in [0.3, 0.4) is 0 Å². The number of rotatable bonds is 5. The molecule has 26 heavy (non-hydrogen) atoms. The maximum absolute atomic E-state index is 13.3. The zero-order chi connectivity index (χ0) is 18.7. The van der Waals surface area contributed by atoms with Crippen LogP contribution < -0.4 is 5.32 Å². The van der Waals surface area contributed by atoms with Crippen molar-refractivity contribution < 1.29 is 14.1 Å². The number of carbonyl (C=O) groups is 1. The van der Waals surface area contributed by atoms with Gasteiger partial charge in [-0.05, 0) is 23.8 Å². The summed E-state index contributed by atoms with van der Waals surface area (Å²) in [5.41, 5.74) is 0.501. The third-order valence-electron chi connectivity index (χ3n) is 3.59. The molecule has 9 heteroatoms. The van der Waals surface area contributed by atoms with Crippen molar-refractivity contribution in [2.45, 2.75) is 6.54 Å². The average Bonchev–Trinajstić information content (AvgIpc) is 3.07. The van der Waals surface area contributed by atoms with E-state index < -0.39 is 22.3 Å². The van der Waals surface area contributed by atoms with Crippen molar-refractivity contribution >= 4 is 28.9 Å². The lowest BCUT2D eigenvalue weighted by Crippen LogP contribution is -2.11. The number of aromatic nitrogens is 2. The molecular weight excluding hydrogens is 363 g/mol. The van der Waals surface area contributed by atoms with Gasteiger partial charge in [0.2, 0.25) is 5.82 Å². The third kappa shape index (κ3) is 3.86. The monoisotopic (exact) mass is 374 g/mol. The zero-order valence-electron chi connectivity index (χ0n) is 13.2. The molecule has 1 N–H and O–H groups in total. The molecule has 1 heterocycles. The highest BCUT2D eigenvalue weighted by molar-refractivity contribution is 6.31. The van der Waals surface area contributed by atoms with Gasteiger partial charge in [0.05, 0.1) is 23.2 Å². The molecule has 132 valence electrons. The number of hydrogen-bond acceptors (Lipinski definition) is 4. The summed E-state index contributed by atoms with van der Waals surface area (Å²) < 4.78 is 14.9. The Morgan fingerprint density at radius 2 is 2.08 bits per heavy atom. The van der Waals surface area contributed by atoms with E-state index in [0.29, 0.717) is 11.6 Å². The van der Waals surface area contributed by atoms with Gasteiger partial charge in [0.1, 0.15) is 0 Å². The average molecular weight is 375 g/mol. The summed E-state index contributed by atoms with van der Waals surface area (Å²) in [4.78, 5) is 22.2. The van der Waals surface area contributed by atoms with Crippen LogP contribution in [0.15, 0.2) is 54.9 Å². The van der Waals surface area contributed by atoms with Crippen molar-refractivity contribution in [3.63, 3.8) is 0 Å². The highest BCUT2D eigenvalue weighted by Crippen LogP contribution is 2.22. The van der Waals surface area contributed by atoms with Crippen LogP contribution >= 0.6 is 11.6 Å². The quantitative estimate of drug-likeness (QED) is 0.542. The number of nitro groups is 1. The van der Waals surface area contributed by atoms with Crippen molar-refractivity contribution in [1.82, 2.24) is 9.78 Å². The standard InChI is InChI=1S/C17H12ClFN4O3/c18-14-4-2-1-3-11(14)9-22-10-12(8-20-22)17(24)21-13-5-6-15(19)16(7-13)23(25)26/h1-8,10H,9H2,(H,21,24). The molecule has 3 rings (SSSR count). The molecule has 2 aromatic carbocycles. The van der Waals surface area contributed by atoms with Crippen LogP contribution in [-0.2, 0) is 6.54 Å². The highest BCUT2D eigenvalue weighted by Gasteiger charge is 2.16. The topological polar surface area (TPSA) is 90.1 Å². The fourth-order valence-corrected chi connectivity index (χ4v) is 2.50. The third-order valence-corrected chi connectivity index (χ3v) is 3.96. The molecule has 0 spiro atoms. The van der Waals surface area contributed by atoms with E-state index in [-0.39, 0.29) is 11.3 Å². The molecule has 3 aromatic rings. The summed E-state index contributed by atoms with van der Waals surface area (Å²) in [6, 6.07) is 10.4. The smallest absolute Gasteiger partial charge is 0.306 e. The normalized spacial score (nSPS) is 10.5. The molecule has 0 aliphatic carbocycles. The van der Waals surface area contributed by atoms with Gasteiger partial charge in [-0.15, -0.1) is 0 Å². The predicted molar refractivity (Wildman–Crippen MR) is 93.8 cm³/mol. The highest BCUT2D eigenvalue weighted by atomic mass is 35.5. The van der Waals surface area contributed by atoms with Crippen LogP contribution in [0.2, 0.25) is 5.02 Å². The molecule has 0 fully saturated rings. The molecule has 1 aromatic heterocycles. The number of nitro benzene ring substituents is 1. The number of amides is 1. The van der Waals surface area contributed by atoms with Crippen molar-refractivity contribution in [2.24, 2.45) is 0 Å². The second-order valence-electron chi connectivity index (χ2n) is 5.40. The Hall–Kier alpha value is -3.26. The first-order valence-electron chi connectivity index (χ1n) is 7.45. The molecular formula is C17H12ClFN4O3. The van der Waals surface area contributed by atoms with Crippen LogP contribution in [0.25, 0.3) is 0 Å². The molecule has 0 radical (unpaired) electrons. The van der Waals surface area contributed by atoms with Crippen LogP contribution in [0.1, 0.15) is 15.9 Å². The van der Waals surface area contributed by atoms with Crippen molar-refractivity contribution in [2.75, 3.05) is 5.32 Å². The zero-order valence-corrected chi connectivity index (χ0v) is 14.0. The summed E-state index contributed by atoms with van der Waals surface area (Å²) >= 11 is 6.10. The van der Waals surface area contributed by atoms with Gasteiger partial charge in [-0.1, -0.05) is 29.8 Å². The number of carbonyl (C=O) groups excluding carboxylic acids is 1. The van der Waals surface area contributed by atoms with E-state index in [4.69, 9.17) is 11.6 Å². The summed E-state index contributed by atoms with van der Waals surface area (Å²) in [7, 11) is 0. The van der Waals surface area contributed by atoms with Gasteiger partial charge in [-0.3, -0.25) is 19.6 Å². The first-order chi connectivity index (χ1) is 12.4. The summed E-state index contributed by atoms with van der Waals surface area (Å²) in [5.74, 6) is -1.49. The largest absolute Gasteiger partial charge is 0.322 e. The Bertz CT molecular complexity index is 990. The first kappa shape index (κ1) is 17.6. The van der Waals surface area contributed by atoms with Crippen LogP contribution in [0, 0.1) is 15.9 Å². The SMILES string of the molecule is O=C(Nc1ccc(F)c([N+](=O)[O-])c1)c1cnn(Cc2ccccc2Cl)c1. The number of benzene rings is 2. The molecule has 0 saturated heterocycles. The van der Waals surface area contributed by atoms with Crippen molar-refractivity contribution in [3.05, 3.63) is 86.9 Å². The minimum Gasteiger partial charge on any atom is -0.322 e. The molecule has 0 atom stereocenters. The Kier molecular flexibility index (Phi) is 4.94. The minimum absolute atomic E-state index is 0.113. The summed E-state index contributed by atoms with van der Waals surface area (Å²) in [6.45, 7) is 0.384. The van der Waals surface area contributed by atoms with Crippen LogP contribution in [0.4, 0.5) is 15.8 Å². The Labute approximate surface area is 152 Å². The van der Waals surface area contributed by atoms with Crippen molar-refractivity contribution in [3.8, 4) is 0 Å². The first-order valence-corrected chi connectivity index (χ1v) is 7.83. The molecule has 0 bridgehead atoms. The lowest BCUT2D eigenvalue weighted by Gasteiger charge is -2.05. The second-order valence-corrected chi connectivity index (χ2v) is 5.80.